The quantitative estimate of drug-likeness (QED) is 0.773. The summed E-state index contributed by atoms with van der Waals surface area (Å²) in [5.74, 6) is 0.208. The lowest BCUT2D eigenvalue weighted by molar-refractivity contribution is 0.192. The maximum atomic E-state index is 13.7. The van der Waals surface area contributed by atoms with E-state index < -0.39 is 6.86 Å². The number of alkyl halides is 2. The topological polar surface area (TPSA) is 9.23 Å². The van der Waals surface area contributed by atoms with Gasteiger partial charge in [-0.1, -0.05) is 19.4 Å². The van der Waals surface area contributed by atoms with Crippen molar-refractivity contribution in [3.05, 3.63) is 41.7 Å². The van der Waals surface area contributed by atoms with Crippen LogP contribution in [0.4, 0.5) is 13.2 Å². The molecule has 0 bridgehead atoms. The van der Waals surface area contributed by atoms with Crippen molar-refractivity contribution in [3.63, 3.8) is 0 Å². The van der Waals surface area contributed by atoms with Gasteiger partial charge in [0.1, 0.15) is 11.6 Å². The fourth-order valence-corrected chi connectivity index (χ4v) is 1.91. The zero-order valence-corrected chi connectivity index (χ0v) is 11.1. The highest BCUT2D eigenvalue weighted by molar-refractivity contribution is 5.84. The van der Waals surface area contributed by atoms with Crippen LogP contribution in [0.2, 0.25) is 0 Å². The third kappa shape index (κ3) is 3.88. The van der Waals surface area contributed by atoms with Crippen molar-refractivity contribution in [2.75, 3.05) is 14.0 Å². The maximum Gasteiger partial charge on any atom is 0.228 e. The first-order valence-electron chi connectivity index (χ1n) is 6.03. The molecule has 0 saturated heterocycles. The average Bonchev–Trinajstić information content (AvgIpc) is 2.43. The van der Waals surface area contributed by atoms with Gasteiger partial charge in [-0.25, -0.2) is 8.78 Å². The number of aryl methyl sites for hydroxylation is 1. The molecule has 0 N–H and O–H groups in total. The van der Waals surface area contributed by atoms with Gasteiger partial charge >= 0.3 is 0 Å². The van der Waals surface area contributed by atoms with Gasteiger partial charge in [-0.05, 0) is 47.0 Å². The van der Waals surface area contributed by atoms with Crippen molar-refractivity contribution in [3.8, 4) is 5.75 Å². The van der Waals surface area contributed by atoms with E-state index in [-0.39, 0.29) is 5.82 Å². The summed E-state index contributed by atoms with van der Waals surface area (Å²) in [6, 6.07) is 8.47. The van der Waals surface area contributed by atoms with E-state index in [0.29, 0.717) is 12.9 Å². The highest BCUT2D eigenvalue weighted by atomic mass is 19.1. The Balaban J connectivity index is 0.000000861. The first-order chi connectivity index (χ1) is 9.24. The van der Waals surface area contributed by atoms with Crippen LogP contribution < -0.4 is 4.74 Å². The summed E-state index contributed by atoms with van der Waals surface area (Å²) in [7, 11) is 0.500. The highest BCUT2D eigenvalue weighted by Crippen LogP contribution is 2.24. The molecule has 4 heteroatoms. The van der Waals surface area contributed by atoms with Crippen molar-refractivity contribution in [2.45, 2.75) is 19.8 Å². The summed E-state index contributed by atoms with van der Waals surface area (Å²) < 4.78 is 40.0. The highest BCUT2D eigenvalue weighted by Gasteiger charge is 2.05. The molecule has 0 aliphatic rings. The second-order valence-electron chi connectivity index (χ2n) is 3.96. The molecule has 0 atom stereocenters. The van der Waals surface area contributed by atoms with Gasteiger partial charge in [0.15, 0.2) is 0 Å². The standard InChI is InChI=1S/C14H14F2O.CH3F/c1-2-3-11-6-10-4-5-13(17-9-15)7-12(10)8-14(11)16;1-2/h4-8H,2-3,9H2,1H3;1H3. The second kappa shape index (κ2) is 7.67. The molecule has 0 unspecified atom stereocenters. The molecule has 0 amide bonds. The lowest BCUT2D eigenvalue weighted by Crippen LogP contribution is -1.92. The minimum absolute atomic E-state index is 0.211. The Labute approximate surface area is 111 Å². The van der Waals surface area contributed by atoms with Crippen LogP contribution in [0.5, 0.6) is 5.75 Å². The predicted molar refractivity (Wildman–Crippen MR) is 71.5 cm³/mol. The van der Waals surface area contributed by atoms with Crippen LogP contribution in [-0.2, 0) is 6.42 Å². The van der Waals surface area contributed by atoms with Crippen LogP contribution in [0.3, 0.4) is 0 Å². The third-order valence-corrected chi connectivity index (χ3v) is 2.72. The van der Waals surface area contributed by atoms with E-state index in [9.17, 15) is 13.2 Å². The molecule has 0 aromatic heterocycles. The Morgan fingerprint density at radius 3 is 2.42 bits per heavy atom. The molecule has 2 aromatic rings. The first-order valence-corrected chi connectivity index (χ1v) is 6.03. The second-order valence-corrected chi connectivity index (χ2v) is 3.96. The number of hydrogen-bond acceptors (Lipinski definition) is 1. The molecule has 0 spiro atoms. The Morgan fingerprint density at radius 2 is 1.79 bits per heavy atom. The number of rotatable bonds is 4. The van der Waals surface area contributed by atoms with Gasteiger partial charge in [0, 0.05) is 0 Å². The smallest absolute Gasteiger partial charge is 0.228 e. The van der Waals surface area contributed by atoms with Gasteiger partial charge in [0.2, 0.25) is 6.86 Å². The van der Waals surface area contributed by atoms with Gasteiger partial charge in [-0.15, -0.1) is 0 Å². The van der Waals surface area contributed by atoms with Gasteiger partial charge in [0.25, 0.3) is 0 Å². The molecule has 1 nitrogen and oxygen atoms in total. The molecular weight excluding hydrogens is 253 g/mol. The number of ether oxygens (including phenoxy) is 1. The average molecular weight is 270 g/mol. The van der Waals surface area contributed by atoms with Crippen molar-refractivity contribution in [2.24, 2.45) is 0 Å². The van der Waals surface area contributed by atoms with Crippen LogP contribution in [0, 0.1) is 5.82 Å². The molecule has 0 heterocycles. The Bertz CT molecular complexity index is 526. The fourth-order valence-electron chi connectivity index (χ4n) is 1.91. The first kappa shape index (κ1) is 15.3. The summed E-state index contributed by atoms with van der Waals surface area (Å²) in [5.41, 5.74) is 0.721. The third-order valence-electron chi connectivity index (χ3n) is 2.72. The lowest BCUT2D eigenvalue weighted by atomic mass is 10.0. The van der Waals surface area contributed by atoms with Gasteiger partial charge < -0.3 is 4.74 Å². The Kier molecular flexibility index (Phi) is 6.19. The molecule has 0 aliphatic carbocycles. The SMILES string of the molecule is CCCc1cc2ccc(OCF)cc2cc1F.CF. The van der Waals surface area contributed by atoms with E-state index in [4.69, 9.17) is 4.74 Å². The molecule has 2 aromatic carbocycles. The summed E-state index contributed by atoms with van der Waals surface area (Å²) in [6.07, 6.45) is 1.63. The van der Waals surface area contributed by atoms with Crippen molar-refractivity contribution in [1.29, 1.82) is 0 Å². The normalized spacial score (nSPS) is 9.95. The van der Waals surface area contributed by atoms with E-state index in [1.165, 1.54) is 6.07 Å². The Morgan fingerprint density at radius 1 is 1.05 bits per heavy atom. The summed E-state index contributed by atoms with van der Waals surface area (Å²) >= 11 is 0. The van der Waals surface area contributed by atoms with Crippen LogP contribution in [0.15, 0.2) is 30.3 Å². The minimum atomic E-state index is -0.873. The van der Waals surface area contributed by atoms with Gasteiger partial charge in [-0.3, -0.25) is 4.39 Å². The number of halogens is 3. The molecule has 0 saturated carbocycles. The zero-order chi connectivity index (χ0) is 14.3. The summed E-state index contributed by atoms with van der Waals surface area (Å²) in [6.45, 7) is 1.14. The molecule has 2 rings (SSSR count). The molecule has 0 aliphatic heterocycles. The van der Waals surface area contributed by atoms with Crippen LogP contribution in [-0.4, -0.2) is 14.0 Å². The number of benzene rings is 2. The maximum absolute atomic E-state index is 13.7. The van der Waals surface area contributed by atoms with Crippen LogP contribution >= 0.6 is 0 Å². The van der Waals surface area contributed by atoms with E-state index in [1.54, 1.807) is 12.1 Å². The zero-order valence-electron chi connectivity index (χ0n) is 11.1. The van der Waals surface area contributed by atoms with Gasteiger partial charge in [0.05, 0.1) is 7.18 Å². The Hall–Kier alpha value is -1.71. The monoisotopic (exact) mass is 270 g/mol. The van der Waals surface area contributed by atoms with Crippen molar-refractivity contribution < 1.29 is 17.9 Å². The molecule has 104 valence electrons. The molecular formula is C15H17F3O. The minimum Gasteiger partial charge on any atom is -0.463 e. The molecule has 0 fully saturated rings. The fraction of sp³-hybridized carbons (Fsp3) is 0.333. The largest absolute Gasteiger partial charge is 0.463 e. The lowest BCUT2D eigenvalue weighted by Gasteiger charge is -2.07. The molecule has 19 heavy (non-hydrogen) atoms. The van der Waals surface area contributed by atoms with Crippen LogP contribution in [0.1, 0.15) is 18.9 Å². The van der Waals surface area contributed by atoms with Crippen molar-refractivity contribution >= 4 is 10.8 Å². The van der Waals surface area contributed by atoms with E-state index in [2.05, 4.69) is 0 Å². The predicted octanol–water partition coefficient (Wildman–Crippen LogP) is 4.82. The number of fused-ring (bicyclic) bond motifs is 1. The summed E-state index contributed by atoms with van der Waals surface area (Å²) in [5, 5.41) is 1.68. The van der Waals surface area contributed by atoms with Crippen molar-refractivity contribution in [1.82, 2.24) is 0 Å². The van der Waals surface area contributed by atoms with E-state index in [1.807, 2.05) is 19.1 Å². The van der Waals surface area contributed by atoms with Crippen LogP contribution in [0.25, 0.3) is 10.8 Å². The summed E-state index contributed by atoms with van der Waals surface area (Å²) in [4.78, 5) is 0. The number of hydrogen-bond donors (Lipinski definition) is 0. The van der Waals surface area contributed by atoms with E-state index >= 15 is 0 Å². The van der Waals surface area contributed by atoms with E-state index in [0.717, 1.165) is 29.2 Å². The molecule has 0 radical (unpaired) electrons. The van der Waals surface area contributed by atoms with Gasteiger partial charge in [-0.2, -0.15) is 0 Å².